The number of aromatic hydroxyl groups is 1. The monoisotopic (exact) mass is 319 g/mol. The van der Waals surface area contributed by atoms with Gasteiger partial charge in [-0.15, -0.1) is 0 Å². The first-order chi connectivity index (χ1) is 10.4. The zero-order valence-electron chi connectivity index (χ0n) is 12.8. The molecule has 5 heteroatoms. The molecule has 0 aliphatic rings. The molecule has 0 atom stereocenters. The molecule has 0 unspecified atom stereocenters. The second-order valence-corrected chi connectivity index (χ2v) is 8.13. The fourth-order valence-electron chi connectivity index (χ4n) is 1.94. The summed E-state index contributed by atoms with van der Waals surface area (Å²) in [5.74, 6) is 0.322. The van der Waals surface area contributed by atoms with Gasteiger partial charge in [0.25, 0.3) is 0 Å². The van der Waals surface area contributed by atoms with Gasteiger partial charge < -0.3 is 10.4 Å². The van der Waals surface area contributed by atoms with Gasteiger partial charge in [-0.1, -0.05) is 24.3 Å². The highest BCUT2D eigenvalue weighted by Crippen LogP contribution is 2.16. The van der Waals surface area contributed by atoms with Crippen LogP contribution in [0.15, 0.2) is 48.5 Å². The Morgan fingerprint density at radius 2 is 1.50 bits per heavy atom. The van der Waals surface area contributed by atoms with Crippen molar-refractivity contribution >= 4 is 15.5 Å². The van der Waals surface area contributed by atoms with Crippen molar-refractivity contribution in [3.05, 3.63) is 59.7 Å². The summed E-state index contributed by atoms with van der Waals surface area (Å²) in [5, 5.41) is 12.1. The molecule has 0 saturated carbocycles. The summed E-state index contributed by atoms with van der Waals surface area (Å²) < 4.78 is 23.8. The van der Waals surface area contributed by atoms with Crippen LogP contribution in [0.4, 0.5) is 5.69 Å². The first-order valence-corrected chi connectivity index (χ1v) is 8.90. The van der Waals surface area contributed by atoms with E-state index in [0.717, 1.165) is 16.8 Å². The molecule has 22 heavy (non-hydrogen) atoms. The lowest BCUT2D eigenvalue weighted by Gasteiger charge is -2.10. The van der Waals surface area contributed by atoms with Crippen molar-refractivity contribution in [2.75, 3.05) is 5.32 Å². The summed E-state index contributed by atoms with van der Waals surface area (Å²) in [6.45, 7) is 4.04. The number of rotatable bonds is 6. The third-order valence-corrected chi connectivity index (χ3v) is 5.65. The number of hydrogen-bond donors (Lipinski definition) is 2. The second-order valence-electron chi connectivity index (χ2n) is 5.57. The second kappa shape index (κ2) is 6.83. The van der Waals surface area contributed by atoms with Crippen LogP contribution in [0.5, 0.6) is 5.75 Å². The smallest absolute Gasteiger partial charge is 0.156 e. The fraction of sp³-hybridized carbons (Fsp3) is 0.294. The third kappa shape index (κ3) is 4.49. The molecule has 118 valence electrons. The first-order valence-electron chi connectivity index (χ1n) is 7.19. The van der Waals surface area contributed by atoms with Gasteiger partial charge in [-0.05, 0) is 49.2 Å². The lowest BCUT2D eigenvalue weighted by molar-refractivity contribution is 0.475. The van der Waals surface area contributed by atoms with Crippen LogP contribution < -0.4 is 5.32 Å². The maximum absolute atomic E-state index is 11.9. The Bertz CT molecular complexity index is 705. The Morgan fingerprint density at radius 3 is 2.05 bits per heavy atom. The minimum Gasteiger partial charge on any atom is -0.508 e. The molecule has 0 aliphatic carbocycles. The van der Waals surface area contributed by atoms with Crippen LogP contribution in [0.2, 0.25) is 0 Å². The minimum absolute atomic E-state index is 0.0723. The van der Waals surface area contributed by atoms with E-state index in [2.05, 4.69) is 5.32 Å². The van der Waals surface area contributed by atoms with Gasteiger partial charge in [-0.25, -0.2) is 8.42 Å². The molecule has 2 aromatic carbocycles. The SMILES string of the molecule is CC(C)S(=O)(=O)Cc1ccc(NCc2ccc(O)cc2)cc1. The van der Waals surface area contributed by atoms with Crippen LogP contribution in [-0.4, -0.2) is 18.8 Å². The summed E-state index contributed by atoms with van der Waals surface area (Å²) in [5.41, 5.74) is 2.78. The van der Waals surface area contributed by atoms with Crippen molar-refractivity contribution in [2.24, 2.45) is 0 Å². The van der Waals surface area contributed by atoms with Crippen molar-refractivity contribution in [3.8, 4) is 5.75 Å². The zero-order valence-corrected chi connectivity index (χ0v) is 13.6. The number of benzene rings is 2. The van der Waals surface area contributed by atoms with E-state index in [1.165, 1.54) is 0 Å². The summed E-state index contributed by atoms with van der Waals surface area (Å²) in [6, 6.07) is 14.4. The summed E-state index contributed by atoms with van der Waals surface area (Å²) in [4.78, 5) is 0. The average molecular weight is 319 g/mol. The molecular formula is C17H21NO3S. The van der Waals surface area contributed by atoms with Crippen LogP contribution >= 0.6 is 0 Å². The number of hydrogen-bond acceptors (Lipinski definition) is 4. The highest BCUT2D eigenvalue weighted by atomic mass is 32.2. The number of nitrogens with one attached hydrogen (secondary N) is 1. The largest absolute Gasteiger partial charge is 0.508 e. The Hall–Kier alpha value is -2.01. The predicted octanol–water partition coefficient (Wildman–Crippen LogP) is 3.33. The summed E-state index contributed by atoms with van der Waals surface area (Å²) in [7, 11) is -3.07. The van der Waals surface area contributed by atoms with E-state index in [9.17, 15) is 13.5 Å². The molecule has 0 aromatic heterocycles. The van der Waals surface area contributed by atoms with Crippen molar-refractivity contribution in [3.63, 3.8) is 0 Å². The van der Waals surface area contributed by atoms with Crippen LogP contribution in [0.1, 0.15) is 25.0 Å². The van der Waals surface area contributed by atoms with Gasteiger partial charge in [0.1, 0.15) is 5.75 Å². The Balaban J connectivity index is 1.96. The topological polar surface area (TPSA) is 66.4 Å². The Labute approximate surface area is 131 Å². The molecule has 0 aliphatic heterocycles. The molecule has 0 fully saturated rings. The molecule has 0 radical (unpaired) electrons. The lowest BCUT2D eigenvalue weighted by Crippen LogP contribution is -2.15. The van der Waals surface area contributed by atoms with Gasteiger partial charge in [-0.2, -0.15) is 0 Å². The molecule has 0 amide bonds. The highest BCUT2D eigenvalue weighted by molar-refractivity contribution is 7.91. The quantitative estimate of drug-likeness (QED) is 0.857. The van der Waals surface area contributed by atoms with Crippen LogP contribution in [0.3, 0.4) is 0 Å². The molecule has 4 nitrogen and oxygen atoms in total. The molecule has 0 bridgehead atoms. The Morgan fingerprint density at radius 1 is 0.955 bits per heavy atom. The Kier molecular flexibility index (Phi) is 5.08. The van der Waals surface area contributed by atoms with Crippen LogP contribution in [0.25, 0.3) is 0 Å². The third-order valence-electron chi connectivity index (χ3n) is 3.47. The van der Waals surface area contributed by atoms with Gasteiger partial charge in [-0.3, -0.25) is 0 Å². The number of anilines is 1. The summed E-state index contributed by atoms with van der Waals surface area (Å²) in [6.07, 6.45) is 0. The van der Waals surface area contributed by atoms with Gasteiger partial charge in [0, 0.05) is 12.2 Å². The molecule has 2 N–H and O–H groups in total. The number of phenolic OH excluding ortho intramolecular Hbond substituents is 1. The van der Waals surface area contributed by atoms with Crippen molar-refractivity contribution in [1.82, 2.24) is 0 Å². The predicted molar refractivity (Wildman–Crippen MR) is 89.6 cm³/mol. The number of phenols is 1. The lowest BCUT2D eigenvalue weighted by atomic mass is 10.2. The first kappa shape index (κ1) is 16.4. The van der Waals surface area contributed by atoms with E-state index in [1.807, 2.05) is 36.4 Å². The molecule has 0 heterocycles. The van der Waals surface area contributed by atoms with Gasteiger partial charge in [0.15, 0.2) is 9.84 Å². The van der Waals surface area contributed by atoms with E-state index >= 15 is 0 Å². The van der Waals surface area contributed by atoms with Gasteiger partial charge >= 0.3 is 0 Å². The standard InChI is InChI=1S/C17H21NO3S/c1-13(2)22(20,21)12-15-3-7-16(8-4-15)18-11-14-5-9-17(19)10-6-14/h3-10,13,18-19H,11-12H2,1-2H3. The van der Waals surface area contributed by atoms with E-state index in [-0.39, 0.29) is 16.8 Å². The molecule has 0 spiro atoms. The van der Waals surface area contributed by atoms with Crippen molar-refractivity contribution in [2.45, 2.75) is 31.4 Å². The van der Waals surface area contributed by atoms with E-state index < -0.39 is 9.84 Å². The average Bonchev–Trinajstić information content (AvgIpc) is 2.48. The fourth-order valence-corrected chi connectivity index (χ4v) is 2.93. The molecule has 2 rings (SSSR count). The van der Waals surface area contributed by atoms with Gasteiger partial charge in [0.05, 0.1) is 11.0 Å². The van der Waals surface area contributed by atoms with E-state index in [1.54, 1.807) is 26.0 Å². The normalized spacial score (nSPS) is 11.6. The van der Waals surface area contributed by atoms with Crippen molar-refractivity contribution < 1.29 is 13.5 Å². The molecular weight excluding hydrogens is 298 g/mol. The minimum atomic E-state index is -3.07. The molecule has 0 saturated heterocycles. The molecule has 2 aromatic rings. The maximum atomic E-state index is 11.9. The summed E-state index contributed by atoms with van der Waals surface area (Å²) >= 11 is 0. The van der Waals surface area contributed by atoms with E-state index in [4.69, 9.17) is 0 Å². The van der Waals surface area contributed by atoms with E-state index in [0.29, 0.717) is 6.54 Å². The number of sulfone groups is 1. The van der Waals surface area contributed by atoms with Crippen LogP contribution in [-0.2, 0) is 22.1 Å². The zero-order chi connectivity index (χ0) is 16.2. The van der Waals surface area contributed by atoms with Gasteiger partial charge in [0.2, 0.25) is 0 Å². The van der Waals surface area contributed by atoms with Crippen molar-refractivity contribution in [1.29, 1.82) is 0 Å². The van der Waals surface area contributed by atoms with Crippen LogP contribution in [0, 0.1) is 0 Å². The maximum Gasteiger partial charge on any atom is 0.156 e. The highest BCUT2D eigenvalue weighted by Gasteiger charge is 2.16.